The van der Waals surface area contributed by atoms with Gasteiger partial charge in [0.05, 0.1) is 11.4 Å². The van der Waals surface area contributed by atoms with E-state index in [0.29, 0.717) is 18.1 Å². The number of hydrogen-bond acceptors (Lipinski definition) is 4. The SMILES string of the molecule is Oc1cccc(CNc2ccc(Cl)cc2NCc2cccc(O)c2)c1. The second-order valence-corrected chi connectivity index (χ2v) is 6.17. The predicted octanol–water partition coefficient (Wildman–Crippen LogP) is 4.98. The Bertz CT molecular complexity index is 868. The highest BCUT2D eigenvalue weighted by atomic mass is 35.5. The fraction of sp³-hybridized carbons (Fsp3) is 0.100. The first-order valence-electron chi connectivity index (χ1n) is 7.93. The van der Waals surface area contributed by atoms with Crippen LogP contribution in [-0.4, -0.2) is 10.2 Å². The average molecular weight is 355 g/mol. The first-order valence-corrected chi connectivity index (χ1v) is 8.31. The molecule has 3 rings (SSSR count). The van der Waals surface area contributed by atoms with Crippen molar-refractivity contribution < 1.29 is 10.2 Å². The minimum atomic E-state index is 0.243. The third-order valence-corrected chi connectivity index (χ3v) is 4.00. The Morgan fingerprint density at radius 3 is 1.80 bits per heavy atom. The Morgan fingerprint density at radius 2 is 1.24 bits per heavy atom. The van der Waals surface area contributed by atoms with Gasteiger partial charge in [0.15, 0.2) is 0 Å². The van der Waals surface area contributed by atoms with E-state index in [4.69, 9.17) is 11.6 Å². The molecular weight excluding hydrogens is 336 g/mol. The van der Waals surface area contributed by atoms with Crippen LogP contribution in [0.25, 0.3) is 0 Å². The van der Waals surface area contributed by atoms with Crippen molar-refractivity contribution in [2.45, 2.75) is 13.1 Å². The summed E-state index contributed by atoms with van der Waals surface area (Å²) in [4.78, 5) is 0. The topological polar surface area (TPSA) is 64.5 Å². The van der Waals surface area contributed by atoms with Gasteiger partial charge in [-0.2, -0.15) is 0 Å². The minimum absolute atomic E-state index is 0.243. The molecule has 0 aromatic heterocycles. The summed E-state index contributed by atoms with van der Waals surface area (Å²) >= 11 is 6.12. The molecule has 0 heterocycles. The van der Waals surface area contributed by atoms with Crippen molar-refractivity contribution in [3.8, 4) is 11.5 Å². The van der Waals surface area contributed by atoms with E-state index in [1.165, 1.54) is 0 Å². The zero-order valence-electron chi connectivity index (χ0n) is 13.5. The van der Waals surface area contributed by atoms with Crippen molar-refractivity contribution in [1.82, 2.24) is 0 Å². The van der Waals surface area contributed by atoms with Gasteiger partial charge in [-0.1, -0.05) is 35.9 Å². The highest BCUT2D eigenvalue weighted by molar-refractivity contribution is 6.31. The Morgan fingerprint density at radius 1 is 0.680 bits per heavy atom. The summed E-state index contributed by atoms with van der Waals surface area (Å²) in [7, 11) is 0. The number of benzene rings is 3. The largest absolute Gasteiger partial charge is 0.508 e. The number of nitrogens with one attached hydrogen (secondary N) is 2. The number of aromatic hydroxyl groups is 2. The molecule has 0 aliphatic heterocycles. The Hall–Kier alpha value is -2.85. The zero-order valence-corrected chi connectivity index (χ0v) is 14.3. The van der Waals surface area contributed by atoms with Crippen LogP contribution in [0.15, 0.2) is 66.7 Å². The van der Waals surface area contributed by atoms with E-state index in [1.807, 2.05) is 42.5 Å². The lowest BCUT2D eigenvalue weighted by Gasteiger charge is -2.15. The molecule has 0 radical (unpaired) electrons. The molecule has 0 unspecified atom stereocenters. The van der Waals surface area contributed by atoms with Crippen molar-refractivity contribution in [1.29, 1.82) is 0 Å². The summed E-state index contributed by atoms with van der Waals surface area (Å²) in [5.74, 6) is 0.491. The molecule has 0 aliphatic carbocycles. The lowest BCUT2D eigenvalue weighted by atomic mass is 10.2. The molecule has 0 saturated heterocycles. The summed E-state index contributed by atoms with van der Waals surface area (Å²) in [5.41, 5.74) is 3.73. The van der Waals surface area contributed by atoms with Gasteiger partial charge in [-0.3, -0.25) is 0 Å². The van der Waals surface area contributed by atoms with Crippen LogP contribution in [0, 0.1) is 0 Å². The molecule has 4 N–H and O–H groups in total. The van der Waals surface area contributed by atoms with Crippen molar-refractivity contribution in [2.24, 2.45) is 0 Å². The second kappa shape index (κ2) is 7.81. The third kappa shape index (κ3) is 4.81. The standard InChI is InChI=1S/C20H19ClN2O2/c21-16-7-8-19(22-12-14-3-1-5-17(24)9-14)20(11-16)23-13-15-4-2-6-18(25)10-15/h1-11,22-25H,12-13H2. The van der Waals surface area contributed by atoms with Crippen LogP contribution in [0.4, 0.5) is 11.4 Å². The van der Waals surface area contributed by atoms with Crippen molar-refractivity contribution in [2.75, 3.05) is 10.6 Å². The number of phenols is 2. The first kappa shape index (κ1) is 17.0. The average Bonchev–Trinajstić information content (AvgIpc) is 2.59. The van der Waals surface area contributed by atoms with Crippen LogP contribution < -0.4 is 10.6 Å². The van der Waals surface area contributed by atoms with E-state index >= 15 is 0 Å². The van der Waals surface area contributed by atoms with Gasteiger partial charge >= 0.3 is 0 Å². The highest BCUT2D eigenvalue weighted by Crippen LogP contribution is 2.27. The molecule has 0 bridgehead atoms. The van der Waals surface area contributed by atoms with Gasteiger partial charge in [0.25, 0.3) is 0 Å². The van der Waals surface area contributed by atoms with Crippen LogP contribution in [-0.2, 0) is 13.1 Å². The van der Waals surface area contributed by atoms with Crippen molar-refractivity contribution in [3.63, 3.8) is 0 Å². The molecule has 4 nitrogen and oxygen atoms in total. The molecule has 25 heavy (non-hydrogen) atoms. The van der Waals surface area contributed by atoms with E-state index in [-0.39, 0.29) is 11.5 Å². The normalized spacial score (nSPS) is 10.4. The Labute approximate surface area is 151 Å². The number of rotatable bonds is 6. The van der Waals surface area contributed by atoms with E-state index in [1.54, 1.807) is 24.3 Å². The second-order valence-electron chi connectivity index (χ2n) is 5.74. The number of phenolic OH excluding ortho intramolecular Hbond substituents is 2. The molecule has 0 spiro atoms. The molecular formula is C20H19ClN2O2. The molecule has 0 saturated carbocycles. The monoisotopic (exact) mass is 354 g/mol. The summed E-state index contributed by atoms with van der Waals surface area (Å²) < 4.78 is 0. The van der Waals surface area contributed by atoms with Crippen LogP contribution in [0.1, 0.15) is 11.1 Å². The van der Waals surface area contributed by atoms with Crippen LogP contribution in [0.2, 0.25) is 5.02 Å². The van der Waals surface area contributed by atoms with E-state index in [2.05, 4.69) is 10.6 Å². The molecule has 3 aromatic rings. The molecule has 128 valence electrons. The van der Waals surface area contributed by atoms with Gasteiger partial charge in [-0.05, 0) is 53.6 Å². The number of hydrogen-bond donors (Lipinski definition) is 4. The number of anilines is 2. The molecule has 5 heteroatoms. The zero-order chi connectivity index (χ0) is 17.6. The van der Waals surface area contributed by atoms with Gasteiger partial charge in [0, 0.05) is 18.1 Å². The molecule has 0 atom stereocenters. The van der Waals surface area contributed by atoms with Gasteiger partial charge in [0.1, 0.15) is 11.5 Å². The van der Waals surface area contributed by atoms with Crippen LogP contribution in [0.3, 0.4) is 0 Å². The molecule has 0 amide bonds. The minimum Gasteiger partial charge on any atom is -0.508 e. The summed E-state index contributed by atoms with van der Waals surface area (Å²) in [5, 5.41) is 26.4. The molecule has 0 fully saturated rings. The van der Waals surface area contributed by atoms with Gasteiger partial charge < -0.3 is 20.8 Å². The maximum atomic E-state index is 9.56. The lowest BCUT2D eigenvalue weighted by Crippen LogP contribution is -2.05. The predicted molar refractivity (Wildman–Crippen MR) is 102 cm³/mol. The van der Waals surface area contributed by atoms with Crippen molar-refractivity contribution >= 4 is 23.0 Å². The molecule has 3 aromatic carbocycles. The quantitative estimate of drug-likeness (QED) is 0.504. The summed E-state index contributed by atoms with van der Waals surface area (Å²) in [6, 6.07) is 19.8. The number of halogens is 1. The van der Waals surface area contributed by atoms with Crippen LogP contribution in [0.5, 0.6) is 11.5 Å². The molecule has 0 aliphatic rings. The smallest absolute Gasteiger partial charge is 0.115 e. The van der Waals surface area contributed by atoms with Gasteiger partial charge in [-0.15, -0.1) is 0 Å². The summed E-state index contributed by atoms with van der Waals surface area (Å²) in [6.45, 7) is 1.15. The van der Waals surface area contributed by atoms with Crippen LogP contribution >= 0.6 is 11.6 Å². The van der Waals surface area contributed by atoms with Gasteiger partial charge in [-0.25, -0.2) is 0 Å². The van der Waals surface area contributed by atoms with E-state index in [0.717, 1.165) is 22.5 Å². The Balaban J connectivity index is 1.71. The fourth-order valence-corrected chi connectivity index (χ4v) is 2.72. The maximum absolute atomic E-state index is 9.56. The van der Waals surface area contributed by atoms with Crippen molar-refractivity contribution in [3.05, 3.63) is 82.9 Å². The van der Waals surface area contributed by atoms with E-state index in [9.17, 15) is 10.2 Å². The first-order chi connectivity index (χ1) is 12.1. The summed E-state index contributed by atoms with van der Waals surface area (Å²) in [6.07, 6.45) is 0. The maximum Gasteiger partial charge on any atom is 0.115 e. The Kier molecular flexibility index (Phi) is 5.31. The third-order valence-electron chi connectivity index (χ3n) is 3.77. The fourth-order valence-electron chi connectivity index (χ4n) is 2.54. The van der Waals surface area contributed by atoms with Gasteiger partial charge in [0.2, 0.25) is 0 Å². The highest BCUT2D eigenvalue weighted by Gasteiger charge is 2.05. The van der Waals surface area contributed by atoms with E-state index < -0.39 is 0 Å². The lowest BCUT2D eigenvalue weighted by molar-refractivity contribution is 0.474.